The summed E-state index contributed by atoms with van der Waals surface area (Å²) < 4.78 is 22.4. The average Bonchev–Trinajstić information content (AvgIpc) is 3.07. The Balaban J connectivity index is 1.90. The van der Waals surface area contributed by atoms with Crippen LogP contribution in [0, 0.1) is 0 Å². The van der Waals surface area contributed by atoms with Gasteiger partial charge in [0.25, 0.3) is 5.91 Å². The zero-order chi connectivity index (χ0) is 19.2. The molecule has 0 unspecified atom stereocenters. The van der Waals surface area contributed by atoms with Crippen molar-refractivity contribution in [1.29, 1.82) is 0 Å². The summed E-state index contributed by atoms with van der Waals surface area (Å²) in [6.45, 7) is 7.01. The molecule has 0 atom stereocenters. The number of amides is 1. The number of nitrogens with zero attached hydrogens (tertiary/aromatic N) is 1. The first-order chi connectivity index (χ1) is 13.2. The average molecular weight is 374 g/mol. The predicted octanol–water partition coefficient (Wildman–Crippen LogP) is 4.00. The highest BCUT2D eigenvalue weighted by atomic mass is 16.5. The van der Waals surface area contributed by atoms with E-state index in [0.29, 0.717) is 48.5 Å². The van der Waals surface area contributed by atoms with Crippen LogP contribution in [0.3, 0.4) is 0 Å². The topological polar surface area (TPSA) is 82.8 Å². The van der Waals surface area contributed by atoms with Crippen molar-refractivity contribution in [1.82, 2.24) is 5.16 Å². The minimum atomic E-state index is -0.301. The van der Waals surface area contributed by atoms with Gasteiger partial charge in [-0.05, 0) is 58.6 Å². The summed E-state index contributed by atoms with van der Waals surface area (Å²) in [6, 6.07) is 3.32. The maximum absolute atomic E-state index is 12.8. The molecule has 1 aliphatic carbocycles. The van der Waals surface area contributed by atoms with Crippen LogP contribution in [-0.2, 0) is 12.8 Å². The molecule has 0 radical (unpaired) electrons. The number of aryl methyl sites for hydroxylation is 1. The lowest BCUT2D eigenvalue weighted by atomic mass is 9.97. The zero-order valence-electron chi connectivity index (χ0n) is 16.1. The van der Waals surface area contributed by atoms with Gasteiger partial charge < -0.3 is 18.7 Å². The molecular formula is C20H26N2O5. The third kappa shape index (κ3) is 4.18. The molecule has 1 N–H and O–H groups in total. The number of carbonyl (C=O) groups is 1. The molecule has 0 saturated heterocycles. The normalized spacial score (nSPS) is 13.0. The zero-order valence-corrected chi connectivity index (χ0v) is 16.1. The second-order valence-electron chi connectivity index (χ2n) is 6.20. The van der Waals surface area contributed by atoms with E-state index in [1.54, 1.807) is 12.1 Å². The van der Waals surface area contributed by atoms with Gasteiger partial charge in [0.1, 0.15) is 0 Å². The maximum atomic E-state index is 12.8. The first kappa shape index (κ1) is 19.1. The highest BCUT2D eigenvalue weighted by Gasteiger charge is 2.23. The molecule has 27 heavy (non-hydrogen) atoms. The lowest BCUT2D eigenvalue weighted by Gasteiger charge is -2.17. The summed E-state index contributed by atoms with van der Waals surface area (Å²) in [5.74, 6) is 1.60. The molecule has 1 heterocycles. The molecule has 1 aliphatic rings. The predicted molar refractivity (Wildman–Crippen MR) is 101 cm³/mol. The van der Waals surface area contributed by atoms with Crippen molar-refractivity contribution in [3.63, 3.8) is 0 Å². The molecule has 146 valence electrons. The van der Waals surface area contributed by atoms with Gasteiger partial charge in [-0.3, -0.25) is 10.1 Å². The Hall–Kier alpha value is -2.70. The van der Waals surface area contributed by atoms with E-state index in [4.69, 9.17) is 18.7 Å². The van der Waals surface area contributed by atoms with Gasteiger partial charge in [0.15, 0.2) is 11.5 Å². The smallest absolute Gasteiger partial charge is 0.258 e. The summed E-state index contributed by atoms with van der Waals surface area (Å²) in [7, 11) is 0. The SMILES string of the molecule is CCOc1cc(C(=O)Nc2onc3c2CCCC3)cc(OCC)c1OCC. The minimum absolute atomic E-state index is 0.301. The first-order valence-electron chi connectivity index (χ1n) is 9.53. The van der Waals surface area contributed by atoms with E-state index < -0.39 is 0 Å². The Morgan fingerprint density at radius 3 is 2.30 bits per heavy atom. The molecule has 1 aromatic heterocycles. The van der Waals surface area contributed by atoms with Gasteiger partial charge in [0.05, 0.1) is 25.5 Å². The number of hydrogen-bond acceptors (Lipinski definition) is 6. The van der Waals surface area contributed by atoms with Crippen LogP contribution in [0.2, 0.25) is 0 Å². The Kier molecular flexibility index (Phi) is 6.21. The van der Waals surface area contributed by atoms with Crippen molar-refractivity contribution >= 4 is 11.8 Å². The summed E-state index contributed by atoms with van der Waals surface area (Å²) >= 11 is 0. The van der Waals surface area contributed by atoms with Crippen LogP contribution >= 0.6 is 0 Å². The van der Waals surface area contributed by atoms with Crippen molar-refractivity contribution < 1.29 is 23.5 Å². The number of benzene rings is 1. The van der Waals surface area contributed by atoms with Crippen LogP contribution in [0.5, 0.6) is 17.2 Å². The van der Waals surface area contributed by atoms with Gasteiger partial charge >= 0.3 is 0 Å². The van der Waals surface area contributed by atoms with Gasteiger partial charge in [0, 0.05) is 11.1 Å². The summed E-state index contributed by atoms with van der Waals surface area (Å²) in [5, 5.41) is 6.91. The second kappa shape index (κ2) is 8.79. The molecule has 0 saturated carbocycles. The quantitative estimate of drug-likeness (QED) is 0.752. The van der Waals surface area contributed by atoms with Crippen LogP contribution in [0.25, 0.3) is 0 Å². The van der Waals surface area contributed by atoms with Crippen LogP contribution in [-0.4, -0.2) is 30.9 Å². The molecule has 7 nitrogen and oxygen atoms in total. The van der Waals surface area contributed by atoms with E-state index in [1.807, 2.05) is 20.8 Å². The first-order valence-corrected chi connectivity index (χ1v) is 9.53. The molecule has 0 spiro atoms. The van der Waals surface area contributed by atoms with Crippen molar-refractivity contribution in [2.45, 2.75) is 46.5 Å². The van der Waals surface area contributed by atoms with Crippen molar-refractivity contribution in [3.05, 3.63) is 29.0 Å². The van der Waals surface area contributed by atoms with Crippen molar-refractivity contribution in [2.75, 3.05) is 25.1 Å². The number of anilines is 1. The molecule has 0 bridgehead atoms. The number of hydrogen-bond donors (Lipinski definition) is 1. The van der Waals surface area contributed by atoms with E-state index in [0.717, 1.165) is 36.9 Å². The largest absolute Gasteiger partial charge is 0.490 e. The number of fused-ring (bicyclic) bond motifs is 1. The van der Waals surface area contributed by atoms with Crippen LogP contribution in [0.4, 0.5) is 5.88 Å². The third-order valence-corrected chi connectivity index (χ3v) is 4.36. The fraction of sp³-hybridized carbons (Fsp3) is 0.500. The van der Waals surface area contributed by atoms with Gasteiger partial charge in [0.2, 0.25) is 11.6 Å². The van der Waals surface area contributed by atoms with Gasteiger partial charge in [-0.15, -0.1) is 0 Å². The molecule has 0 aliphatic heterocycles. The Labute approximate surface area is 159 Å². The van der Waals surface area contributed by atoms with Gasteiger partial charge in [-0.25, -0.2) is 0 Å². The van der Waals surface area contributed by atoms with Crippen LogP contribution in [0.1, 0.15) is 55.2 Å². The molecule has 0 fully saturated rings. The monoisotopic (exact) mass is 374 g/mol. The van der Waals surface area contributed by atoms with Gasteiger partial charge in [-0.2, -0.15) is 0 Å². The fourth-order valence-electron chi connectivity index (χ4n) is 3.18. The Morgan fingerprint density at radius 1 is 1.04 bits per heavy atom. The molecular weight excluding hydrogens is 348 g/mol. The molecule has 3 rings (SSSR count). The van der Waals surface area contributed by atoms with Crippen LogP contribution < -0.4 is 19.5 Å². The fourth-order valence-corrected chi connectivity index (χ4v) is 3.18. The second-order valence-corrected chi connectivity index (χ2v) is 6.20. The number of carbonyl (C=O) groups excluding carboxylic acids is 1. The number of rotatable bonds is 8. The number of nitrogens with one attached hydrogen (secondary N) is 1. The lowest BCUT2D eigenvalue weighted by molar-refractivity contribution is 0.102. The third-order valence-electron chi connectivity index (χ3n) is 4.36. The summed E-state index contributed by atoms with van der Waals surface area (Å²) in [6.07, 6.45) is 3.93. The minimum Gasteiger partial charge on any atom is -0.490 e. The Morgan fingerprint density at radius 2 is 1.67 bits per heavy atom. The standard InChI is InChI=1S/C20H26N2O5/c1-4-24-16-11-13(12-17(25-5-2)18(16)26-6-3)19(23)21-20-14-9-7-8-10-15(14)22-27-20/h11-12H,4-10H2,1-3H3,(H,21,23). The van der Waals surface area contributed by atoms with Crippen LogP contribution in [0.15, 0.2) is 16.7 Å². The summed E-state index contributed by atoms with van der Waals surface area (Å²) in [4.78, 5) is 12.8. The number of ether oxygens (including phenoxy) is 3. The Bertz CT molecular complexity index is 773. The molecule has 1 aromatic carbocycles. The highest BCUT2D eigenvalue weighted by Crippen LogP contribution is 2.39. The highest BCUT2D eigenvalue weighted by molar-refractivity contribution is 6.04. The summed E-state index contributed by atoms with van der Waals surface area (Å²) in [5.41, 5.74) is 2.34. The lowest BCUT2D eigenvalue weighted by Crippen LogP contribution is -2.14. The molecule has 1 amide bonds. The van der Waals surface area contributed by atoms with Gasteiger partial charge in [-0.1, -0.05) is 5.16 Å². The van der Waals surface area contributed by atoms with E-state index in [9.17, 15) is 4.79 Å². The maximum Gasteiger partial charge on any atom is 0.258 e. The van der Waals surface area contributed by atoms with Crippen molar-refractivity contribution in [2.24, 2.45) is 0 Å². The van der Waals surface area contributed by atoms with Crippen molar-refractivity contribution in [3.8, 4) is 17.2 Å². The molecule has 2 aromatic rings. The van der Waals surface area contributed by atoms with E-state index in [1.165, 1.54) is 0 Å². The number of aromatic nitrogens is 1. The van der Waals surface area contributed by atoms with E-state index in [2.05, 4.69) is 10.5 Å². The molecule has 7 heteroatoms. The van der Waals surface area contributed by atoms with E-state index >= 15 is 0 Å². The van der Waals surface area contributed by atoms with E-state index in [-0.39, 0.29) is 5.91 Å².